The quantitative estimate of drug-likeness (QED) is 0.568. The van der Waals surface area contributed by atoms with Gasteiger partial charge in [-0.15, -0.1) is 0 Å². The summed E-state index contributed by atoms with van der Waals surface area (Å²) in [6.45, 7) is 2.97. The Morgan fingerprint density at radius 1 is 0.941 bits per heavy atom. The molecule has 8 nitrogen and oxygen atoms in total. The number of morpholine rings is 1. The van der Waals surface area contributed by atoms with Gasteiger partial charge in [0.1, 0.15) is 5.54 Å². The van der Waals surface area contributed by atoms with Gasteiger partial charge in [0.2, 0.25) is 10.0 Å². The number of nitrogens with zero attached hydrogens (tertiary/aromatic N) is 2. The molecule has 0 radical (unpaired) electrons. The molecule has 0 saturated carbocycles. The van der Waals surface area contributed by atoms with Gasteiger partial charge in [-0.3, -0.25) is 9.69 Å². The van der Waals surface area contributed by atoms with E-state index in [1.54, 1.807) is 19.1 Å². The zero-order chi connectivity index (χ0) is 23.9. The third-order valence-corrected chi connectivity index (χ3v) is 8.34. The Balaban J connectivity index is 1.40. The Morgan fingerprint density at radius 2 is 1.68 bits per heavy atom. The molecule has 0 aliphatic carbocycles. The second kappa shape index (κ2) is 8.50. The summed E-state index contributed by atoms with van der Waals surface area (Å²) in [5.74, 6) is -0.380. The topological polar surface area (TPSA) is 96.0 Å². The first-order valence-electron chi connectivity index (χ1n) is 11.1. The van der Waals surface area contributed by atoms with Crippen LogP contribution in [0.2, 0.25) is 0 Å². The predicted octanol–water partition coefficient (Wildman–Crippen LogP) is 2.83. The molecule has 5 rings (SSSR count). The summed E-state index contributed by atoms with van der Waals surface area (Å²) < 4.78 is 32.7. The highest BCUT2D eigenvalue weighted by Crippen LogP contribution is 2.32. The van der Waals surface area contributed by atoms with Crippen LogP contribution in [-0.4, -0.2) is 55.9 Å². The number of imide groups is 1. The molecule has 3 aromatic rings. The number of carbonyl (C=O) groups is 2. The van der Waals surface area contributed by atoms with Crippen LogP contribution in [0.15, 0.2) is 71.6 Å². The Labute approximate surface area is 198 Å². The van der Waals surface area contributed by atoms with Crippen molar-refractivity contribution in [3.8, 4) is 0 Å². The van der Waals surface area contributed by atoms with Crippen LogP contribution in [0.4, 0.5) is 4.79 Å². The molecule has 1 N–H and O–H groups in total. The average molecular weight is 480 g/mol. The third kappa shape index (κ3) is 3.85. The number of rotatable bonds is 5. The second-order valence-corrected chi connectivity index (χ2v) is 10.6. The summed E-state index contributed by atoms with van der Waals surface area (Å²) in [7, 11) is -3.68. The van der Waals surface area contributed by atoms with Gasteiger partial charge in [-0.1, -0.05) is 48.5 Å². The summed E-state index contributed by atoms with van der Waals surface area (Å²) in [5.41, 5.74) is 0.0368. The highest BCUT2D eigenvalue weighted by Gasteiger charge is 2.49. The van der Waals surface area contributed by atoms with Gasteiger partial charge < -0.3 is 10.1 Å². The van der Waals surface area contributed by atoms with E-state index in [-0.39, 0.29) is 17.3 Å². The number of urea groups is 1. The van der Waals surface area contributed by atoms with Gasteiger partial charge in [-0.2, -0.15) is 4.31 Å². The van der Waals surface area contributed by atoms with Crippen LogP contribution >= 0.6 is 0 Å². The first-order valence-corrected chi connectivity index (χ1v) is 12.5. The van der Waals surface area contributed by atoms with Gasteiger partial charge in [0, 0.05) is 13.1 Å². The van der Waals surface area contributed by atoms with E-state index in [1.165, 1.54) is 16.4 Å². The number of ether oxygens (including phenoxy) is 1. The lowest BCUT2D eigenvalue weighted by Gasteiger charge is -2.26. The number of fused-ring (bicyclic) bond motifs is 1. The maximum Gasteiger partial charge on any atom is 0.325 e. The zero-order valence-electron chi connectivity index (χ0n) is 18.7. The highest BCUT2D eigenvalue weighted by molar-refractivity contribution is 7.89. The molecular weight excluding hydrogens is 454 g/mol. The number of hydrogen-bond donors (Lipinski definition) is 1. The van der Waals surface area contributed by atoms with E-state index < -0.39 is 21.6 Å². The second-order valence-electron chi connectivity index (χ2n) is 8.67. The highest BCUT2D eigenvalue weighted by atomic mass is 32.2. The molecule has 0 unspecified atom stereocenters. The van der Waals surface area contributed by atoms with Crippen molar-refractivity contribution in [3.05, 3.63) is 77.9 Å². The molecule has 2 aliphatic rings. The van der Waals surface area contributed by atoms with Crippen LogP contribution in [0.5, 0.6) is 0 Å². The molecule has 3 aromatic carbocycles. The fourth-order valence-electron chi connectivity index (χ4n) is 4.46. The van der Waals surface area contributed by atoms with Crippen molar-refractivity contribution in [2.75, 3.05) is 26.3 Å². The van der Waals surface area contributed by atoms with Crippen molar-refractivity contribution in [2.24, 2.45) is 0 Å². The van der Waals surface area contributed by atoms with Crippen molar-refractivity contribution in [2.45, 2.75) is 23.9 Å². The van der Waals surface area contributed by atoms with E-state index in [9.17, 15) is 18.0 Å². The minimum absolute atomic E-state index is 0.0275. The summed E-state index contributed by atoms with van der Waals surface area (Å²) in [4.78, 5) is 27.5. The fraction of sp³-hybridized carbons (Fsp3) is 0.280. The molecule has 176 valence electrons. The largest absolute Gasteiger partial charge is 0.379 e. The molecule has 2 heterocycles. The monoisotopic (exact) mass is 479 g/mol. The van der Waals surface area contributed by atoms with Crippen LogP contribution in [0.3, 0.4) is 0 Å². The first-order chi connectivity index (χ1) is 16.3. The molecule has 34 heavy (non-hydrogen) atoms. The standard InChI is InChI=1S/C25H25N3O5S/c1-25(21-10-9-19-6-2-3-7-20(19)16-21)23(29)28(24(30)26-25)17-18-5-4-8-22(15-18)34(31,32)27-11-13-33-14-12-27/h2-10,15-16H,11-14,17H2,1H3,(H,26,30)/t25-/m1/s1. The predicted molar refractivity (Wildman–Crippen MR) is 126 cm³/mol. The SMILES string of the molecule is C[C@]1(c2ccc3ccccc3c2)NC(=O)N(Cc2cccc(S(=O)(=O)N3CCOCC3)c2)C1=O. The maximum absolute atomic E-state index is 13.4. The summed E-state index contributed by atoms with van der Waals surface area (Å²) in [6.07, 6.45) is 0. The third-order valence-electron chi connectivity index (χ3n) is 6.45. The minimum atomic E-state index is -3.68. The molecule has 2 fully saturated rings. The number of sulfonamides is 1. The normalized spacial score (nSPS) is 21.7. The first kappa shape index (κ1) is 22.5. The lowest BCUT2D eigenvalue weighted by molar-refractivity contribution is -0.131. The fourth-order valence-corrected chi connectivity index (χ4v) is 5.94. The van der Waals surface area contributed by atoms with Gasteiger partial charge in [0.15, 0.2) is 0 Å². The average Bonchev–Trinajstić information content (AvgIpc) is 3.08. The molecule has 0 aromatic heterocycles. The Bertz CT molecular complexity index is 1380. The molecule has 2 saturated heterocycles. The van der Waals surface area contributed by atoms with Crippen LogP contribution < -0.4 is 5.32 Å². The van der Waals surface area contributed by atoms with E-state index >= 15 is 0 Å². The van der Waals surface area contributed by atoms with E-state index in [1.807, 2.05) is 42.5 Å². The van der Waals surface area contributed by atoms with Gasteiger partial charge in [-0.25, -0.2) is 13.2 Å². The summed E-state index contributed by atoms with van der Waals surface area (Å²) in [5, 5.41) is 4.84. The number of hydrogen-bond acceptors (Lipinski definition) is 5. The lowest BCUT2D eigenvalue weighted by Crippen LogP contribution is -2.41. The van der Waals surface area contributed by atoms with Gasteiger partial charge in [-0.05, 0) is 47.0 Å². The molecule has 3 amide bonds. The maximum atomic E-state index is 13.4. The van der Waals surface area contributed by atoms with Gasteiger partial charge in [0.25, 0.3) is 5.91 Å². The van der Waals surface area contributed by atoms with Crippen LogP contribution in [0, 0.1) is 0 Å². The molecular formula is C25H25N3O5S. The molecule has 0 spiro atoms. The van der Waals surface area contributed by atoms with Crippen molar-refractivity contribution in [3.63, 3.8) is 0 Å². The zero-order valence-corrected chi connectivity index (χ0v) is 19.5. The Kier molecular flexibility index (Phi) is 5.63. The number of carbonyl (C=O) groups excluding carboxylic acids is 2. The van der Waals surface area contributed by atoms with Crippen molar-refractivity contribution < 1.29 is 22.7 Å². The lowest BCUT2D eigenvalue weighted by atomic mass is 9.90. The van der Waals surface area contributed by atoms with Crippen molar-refractivity contribution in [1.29, 1.82) is 0 Å². The molecule has 2 aliphatic heterocycles. The van der Waals surface area contributed by atoms with E-state index in [0.29, 0.717) is 37.4 Å². The van der Waals surface area contributed by atoms with Crippen molar-refractivity contribution in [1.82, 2.24) is 14.5 Å². The molecule has 1 atom stereocenters. The Morgan fingerprint density at radius 3 is 2.44 bits per heavy atom. The number of amides is 3. The Hall–Kier alpha value is -3.27. The van der Waals surface area contributed by atoms with E-state index in [4.69, 9.17) is 4.74 Å². The van der Waals surface area contributed by atoms with E-state index in [0.717, 1.165) is 15.7 Å². The van der Waals surface area contributed by atoms with Gasteiger partial charge >= 0.3 is 6.03 Å². The van der Waals surface area contributed by atoms with Crippen LogP contribution in [0.25, 0.3) is 10.8 Å². The minimum Gasteiger partial charge on any atom is -0.379 e. The van der Waals surface area contributed by atoms with E-state index in [2.05, 4.69) is 5.32 Å². The molecule has 0 bridgehead atoms. The summed E-state index contributed by atoms with van der Waals surface area (Å²) in [6, 6.07) is 19.4. The molecule has 9 heteroatoms. The van der Waals surface area contributed by atoms with Crippen LogP contribution in [-0.2, 0) is 31.6 Å². The summed E-state index contributed by atoms with van der Waals surface area (Å²) >= 11 is 0. The number of benzene rings is 3. The van der Waals surface area contributed by atoms with Crippen LogP contribution in [0.1, 0.15) is 18.1 Å². The smallest absolute Gasteiger partial charge is 0.325 e. The van der Waals surface area contributed by atoms with Crippen molar-refractivity contribution >= 4 is 32.7 Å². The number of nitrogens with one attached hydrogen (secondary N) is 1. The van der Waals surface area contributed by atoms with Gasteiger partial charge in [0.05, 0.1) is 24.7 Å².